The fraction of sp³-hybridized carbons (Fsp3) is 0. The Morgan fingerprint density at radius 2 is 1.02 bits per heavy atom. The summed E-state index contributed by atoms with van der Waals surface area (Å²) in [6.45, 7) is 0. The van der Waals surface area contributed by atoms with E-state index >= 15 is 0 Å². The van der Waals surface area contributed by atoms with Crippen molar-refractivity contribution in [3.63, 3.8) is 0 Å². The average molecular weight is 567 g/mol. The predicted octanol–water partition coefficient (Wildman–Crippen LogP) is 12.3. The summed E-state index contributed by atoms with van der Waals surface area (Å²) in [6, 6.07) is 45.8. The molecule has 0 radical (unpaired) electrons. The van der Waals surface area contributed by atoms with Gasteiger partial charge in [0.25, 0.3) is 0 Å². The zero-order chi connectivity index (χ0) is 28.1. The van der Waals surface area contributed by atoms with E-state index in [0.717, 1.165) is 38.5 Å². The summed E-state index contributed by atoms with van der Waals surface area (Å²) in [5.41, 5.74) is 7.43. The molecule has 3 aromatic heterocycles. The summed E-state index contributed by atoms with van der Waals surface area (Å²) in [4.78, 5) is 0. The Hall–Kier alpha value is -5.38. The SMILES string of the molecule is c1ccc2c(c1)sc1cccc(-c3c4ccccc4c(-c4cccc5c4oc4ccc6ccoc6c45)c4ccccc34)c12. The second kappa shape index (κ2) is 8.57. The Labute approximate surface area is 250 Å². The maximum Gasteiger partial charge on any atom is 0.145 e. The van der Waals surface area contributed by atoms with Gasteiger partial charge in [-0.1, -0.05) is 97.1 Å². The molecule has 0 saturated carbocycles. The minimum Gasteiger partial charge on any atom is -0.464 e. The molecule has 0 unspecified atom stereocenters. The quantitative estimate of drug-likeness (QED) is 0.195. The first-order chi connectivity index (χ1) is 21.3. The lowest BCUT2D eigenvalue weighted by Crippen LogP contribution is -1.91. The Bertz CT molecular complexity index is 2680. The van der Waals surface area contributed by atoms with Crippen molar-refractivity contribution in [1.82, 2.24) is 0 Å². The number of fused-ring (bicyclic) bond motifs is 10. The van der Waals surface area contributed by atoms with E-state index in [9.17, 15) is 0 Å². The molecule has 0 atom stereocenters. The summed E-state index contributed by atoms with van der Waals surface area (Å²) < 4.78 is 15.2. The van der Waals surface area contributed by atoms with Gasteiger partial charge in [-0.3, -0.25) is 0 Å². The first-order valence-electron chi connectivity index (χ1n) is 14.5. The van der Waals surface area contributed by atoms with Crippen molar-refractivity contribution in [3.8, 4) is 22.3 Å². The largest absolute Gasteiger partial charge is 0.464 e. The Kier molecular flexibility index (Phi) is 4.63. The van der Waals surface area contributed by atoms with Crippen molar-refractivity contribution >= 4 is 86.0 Å². The molecule has 3 heteroatoms. The van der Waals surface area contributed by atoms with Crippen LogP contribution in [0.2, 0.25) is 0 Å². The van der Waals surface area contributed by atoms with Crippen molar-refractivity contribution in [2.45, 2.75) is 0 Å². The van der Waals surface area contributed by atoms with Gasteiger partial charge >= 0.3 is 0 Å². The van der Waals surface area contributed by atoms with Crippen LogP contribution < -0.4 is 0 Å². The predicted molar refractivity (Wildman–Crippen MR) is 182 cm³/mol. The Morgan fingerprint density at radius 3 is 1.79 bits per heavy atom. The molecule has 0 saturated heterocycles. The highest BCUT2D eigenvalue weighted by Crippen LogP contribution is 2.49. The first kappa shape index (κ1) is 23.2. The fourth-order valence-corrected chi connectivity index (χ4v) is 8.33. The zero-order valence-electron chi connectivity index (χ0n) is 22.9. The molecule has 43 heavy (non-hydrogen) atoms. The smallest absolute Gasteiger partial charge is 0.145 e. The van der Waals surface area contributed by atoms with Crippen LogP contribution in [-0.4, -0.2) is 0 Å². The average Bonchev–Trinajstić information content (AvgIpc) is 3.78. The third-order valence-corrected chi connectivity index (χ3v) is 10.1. The molecule has 0 N–H and O–H groups in total. The van der Waals surface area contributed by atoms with Gasteiger partial charge < -0.3 is 8.83 Å². The van der Waals surface area contributed by atoms with Gasteiger partial charge in [-0.05, 0) is 63.0 Å². The first-order valence-corrected chi connectivity index (χ1v) is 15.3. The van der Waals surface area contributed by atoms with Crippen LogP contribution in [0.5, 0.6) is 0 Å². The van der Waals surface area contributed by atoms with Crippen LogP contribution in [0.4, 0.5) is 0 Å². The number of hydrogen-bond acceptors (Lipinski definition) is 3. The molecule has 0 aliphatic rings. The van der Waals surface area contributed by atoms with Crippen molar-refractivity contribution in [1.29, 1.82) is 0 Å². The van der Waals surface area contributed by atoms with E-state index in [2.05, 4.69) is 121 Å². The second-order valence-electron chi connectivity index (χ2n) is 11.2. The lowest BCUT2D eigenvalue weighted by molar-refractivity contribution is 0.618. The molecule has 0 fully saturated rings. The van der Waals surface area contributed by atoms with E-state index in [4.69, 9.17) is 8.83 Å². The van der Waals surface area contributed by atoms with Crippen LogP contribution in [0.3, 0.4) is 0 Å². The van der Waals surface area contributed by atoms with Crippen molar-refractivity contribution < 1.29 is 8.83 Å². The number of hydrogen-bond donors (Lipinski definition) is 0. The van der Waals surface area contributed by atoms with Gasteiger partial charge in [-0.25, -0.2) is 0 Å². The van der Waals surface area contributed by atoms with E-state index in [1.165, 1.54) is 58.4 Å². The molecule has 3 heterocycles. The van der Waals surface area contributed by atoms with E-state index in [1.807, 2.05) is 17.4 Å². The highest BCUT2D eigenvalue weighted by molar-refractivity contribution is 7.25. The van der Waals surface area contributed by atoms with Gasteiger partial charge in [0.2, 0.25) is 0 Å². The maximum absolute atomic E-state index is 6.67. The molecule has 0 spiro atoms. The minimum absolute atomic E-state index is 0.839. The minimum atomic E-state index is 0.839. The van der Waals surface area contributed by atoms with Gasteiger partial charge in [0.05, 0.1) is 11.6 Å². The van der Waals surface area contributed by atoms with Gasteiger partial charge in [-0.2, -0.15) is 0 Å². The monoisotopic (exact) mass is 566 g/mol. The molecule has 0 aliphatic heterocycles. The summed E-state index contributed by atoms with van der Waals surface area (Å²) >= 11 is 1.87. The molecule has 2 nitrogen and oxygen atoms in total. The van der Waals surface area contributed by atoms with Gasteiger partial charge in [-0.15, -0.1) is 11.3 Å². The number of para-hydroxylation sites is 1. The fourth-order valence-electron chi connectivity index (χ4n) is 7.20. The van der Waals surface area contributed by atoms with Gasteiger partial charge in [0, 0.05) is 42.1 Å². The van der Waals surface area contributed by atoms with Gasteiger partial charge in [0.1, 0.15) is 16.7 Å². The van der Waals surface area contributed by atoms with Crippen molar-refractivity contribution in [3.05, 3.63) is 134 Å². The topological polar surface area (TPSA) is 26.3 Å². The van der Waals surface area contributed by atoms with Gasteiger partial charge in [0.15, 0.2) is 0 Å². The van der Waals surface area contributed by atoms with E-state index in [-0.39, 0.29) is 0 Å². The standard InChI is InChI=1S/C40H22O2S/c1-3-11-26-24(9-1)35(29-14-8-18-34-37(29)28-13-5-6-17-33(28)43-34)25-10-2-4-12-27(25)36(26)30-15-7-16-31-38-32(42-40(30)31)20-19-23-21-22-41-39(23)38/h1-22H. The number of thiophene rings is 1. The Balaban J connectivity index is 1.37. The summed E-state index contributed by atoms with van der Waals surface area (Å²) in [6.07, 6.45) is 1.75. The summed E-state index contributed by atoms with van der Waals surface area (Å²) in [5.74, 6) is 0. The zero-order valence-corrected chi connectivity index (χ0v) is 23.7. The maximum atomic E-state index is 6.67. The summed E-state index contributed by atoms with van der Waals surface area (Å²) in [7, 11) is 0. The van der Waals surface area contributed by atoms with Crippen LogP contribution in [0.1, 0.15) is 0 Å². The molecular weight excluding hydrogens is 545 g/mol. The van der Waals surface area contributed by atoms with Crippen molar-refractivity contribution in [2.75, 3.05) is 0 Å². The molecule has 10 aromatic rings. The molecule has 10 rings (SSSR count). The highest BCUT2D eigenvalue weighted by atomic mass is 32.1. The lowest BCUT2D eigenvalue weighted by atomic mass is 9.84. The van der Waals surface area contributed by atoms with Crippen LogP contribution >= 0.6 is 11.3 Å². The van der Waals surface area contributed by atoms with E-state index in [0.29, 0.717) is 0 Å². The van der Waals surface area contributed by atoms with Crippen LogP contribution in [0, 0.1) is 0 Å². The molecule has 0 bridgehead atoms. The molecule has 0 amide bonds. The number of rotatable bonds is 2. The number of benzene rings is 7. The molecule has 200 valence electrons. The molecule has 7 aromatic carbocycles. The third-order valence-electron chi connectivity index (χ3n) is 8.95. The third kappa shape index (κ3) is 3.12. The lowest BCUT2D eigenvalue weighted by Gasteiger charge is -2.18. The van der Waals surface area contributed by atoms with E-state index in [1.54, 1.807) is 6.26 Å². The van der Waals surface area contributed by atoms with Crippen LogP contribution in [0.15, 0.2) is 142 Å². The Morgan fingerprint density at radius 1 is 0.419 bits per heavy atom. The van der Waals surface area contributed by atoms with E-state index < -0.39 is 0 Å². The van der Waals surface area contributed by atoms with Crippen LogP contribution in [-0.2, 0) is 0 Å². The molecule has 0 aliphatic carbocycles. The highest BCUT2D eigenvalue weighted by Gasteiger charge is 2.22. The normalized spacial score (nSPS) is 12.2. The van der Waals surface area contributed by atoms with Crippen molar-refractivity contribution in [2.24, 2.45) is 0 Å². The second-order valence-corrected chi connectivity index (χ2v) is 12.3. The molecular formula is C40H22O2S. The summed E-state index contributed by atoms with van der Waals surface area (Å²) in [5, 5.41) is 10.7. The number of furan rings is 2. The van der Waals surface area contributed by atoms with Crippen LogP contribution in [0.25, 0.3) is 96.9 Å².